The maximum Gasteiger partial charge on any atom is 0.414 e. The Labute approximate surface area is 210 Å². The minimum atomic E-state index is -0.627. The summed E-state index contributed by atoms with van der Waals surface area (Å²) in [5.74, 6) is -0.0249. The Balaban J connectivity index is 2.02. The summed E-state index contributed by atoms with van der Waals surface area (Å²) >= 11 is 0. The lowest BCUT2D eigenvalue weighted by atomic mass is 9.87. The maximum atomic E-state index is 13.4. The number of carbonyl (C=O) groups excluding carboxylic acids is 2. The lowest BCUT2D eigenvalue weighted by Gasteiger charge is -2.32. The molecule has 5 heteroatoms. The molecule has 1 fully saturated rings. The molecular weight excluding hydrogens is 438 g/mol. The zero-order valence-electron chi connectivity index (χ0n) is 21.7. The third kappa shape index (κ3) is 7.84. The van der Waals surface area contributed by atoms with Gasteiger partial charge in [-0.15, -0.1) is 0 Å². The highest BCUT2D eigenvalue weighted by Crippen LogP contribution is 2.36. The molecule has 35 heavy (non-hydrogen) atoms. The van der Waals surface area contributed by atoms with Crippen LogP contribution in [0.25, 0.3) is 0 Å². The van der Waals surface area contributed by atoms with E-state index in [2.05, 4.69) is 0 Å². The van der Waals surface area contributed by atoms with Crippen molar-refractivity contribution < 1.29 is 19.1 Å². The van der Waals surface area contributed by atoms with Crippen molar-refractivity contribution >= 4 is 17.7 Å². The van der Waals surface area contributed by atoms with Crippen molar-refractivity contribution in [1.29, 1.82) is 0 Å². The third-order valence-corrected chi connectivity index (χ3v) is 6.39. The Morgan fingerprint density at radius 2 is 1.43 bits per heavy atom. The van der Waals surface area contributed by atoms with Gasteiger partial charge in [0.1, 0.15) is 5.92 Å². The molecule has 2 aromatic rings. The van der Waals surface area contributed by atoms with Crippen molar-refractivity contribution in [3.8, 4) is 0 Å². The molecule has 0 N–H and O–H groups in total. The standard InChI is InChI=1S/C30H41NO4/c1-22(2)20-34-29(32)28(25-15-9-6-10-16-25)26-17-11-12-18-27(26)31(30(33)35-21-23(3)4)19-24-13-7-5-8-14-24/h6,9-12,15-18,22-24,28H,5,7-8,13-14,19-21H2,1-4H3. The van der Waals surface area contributed by atoms with E-state index in [1.165, 1.54) is 19.3 Å². The van der Waals surface area contributed by atoms with E-state index in [1.807, 2.05) is 82.3 Å². The van der Waals surface area contributed by atoms with Gasteiger partial charge in [0, 0.05) is 6.54 Å². The number of benzene rings is 2. The zero-order valence-corrected chi connectivity index (χ0v) is 21.7. The monoisotopic (exact) mass is 479 g/mol. The third-order valence-electron chi connectivity index (χ3n) is 6.39. The molecule has 0 aliphatic heterocycles. The summed E-state index contributed by atoms with van der Waals surface area (Å²) in [6.07, 6.45) is 5.50. The number of esters is 1. The van der Waals surface area contributed by atoms with Gasteiger partial charge in [-0.25, -0.2) is 4.79 Å². The largest absolute Gasteiger partial charge is 0.465 e. The molecule has 0 bridgehead atoms. The minimum absolute atomic E-state index is 0.236. The van der Waals surface area contributed by atoms with Crippen LogP contribution in [0.4, 0.5) is 10.5 Å². The first-order valence-electron chi connectivity index (χ1n) is 13.1. The fourth-order valence-corrected chi connectivity index (χ4v) is 4.61. The van der Waals surface area contributed by atoms with E-state index < -0.39 is 5.92 Å². The van der Waals surface area contributed by atoms with Crippen LogP contribution in [0.3, 0.4) is 0 Å². The first kappa shape index (κ1) is 26.8. The van der Waals surface area contributed by atoms with Crippen LogP contribution in [0.2, 0.25) is 0 Å². The van der Waals surface area contributed by atoms with E-state index in [9.17, 15) is 9.59 Å². The highest BCUT2D eigenvalue weighted by molar-refractivity contribution is 5.92. The van der Waals surface area contributed by atoms with Crippen molar-refractivity contribution in [2.75, 3.05) is 24.7 Å². The molecule has 5 nitrogen and oxygen atoms in total. The predicted molar refractivity (Wildman–Crippen MR) is 141 cm³/mol. The summed E-state index contributed by atoms with van der Waals surface area (Å²) < 4.78 is 11.4. The normalized spacial score (nSPS) is 15.1. The van der Waals surface area contributed by atoms with Gasteiger partial charge in [0.05, 0.1) is 18.9 Å². The first-order valence-corrected chi connectivity index (χ1v) is 13.1. The fourth-order valence-electron chi connectivity index (χ4n) is 4.61. The summed E-state index contributed by atoms with van der Waals surface area (Å²) in [4.78, 5) is 28.6. The van der Waals surface area contributed by atoms with Crippen LogP contribution >= 0.6 is 0 Å². The molecule has 0 radical (unpaired) electrons. The van der Waals surface area contributed by atoms with E-state index in [4.69, 9.17) is 9.47 Å². The number of hydrogen-bond donors (Lipinski definition) is 0. The highest BCUT2D eigenvalue weighted by Gasteiger charge is 2.32. The molecule has 0 aromatic heterocycles. The van der Waals surface area contributed by atoms with Gasteiger partial charge in [-0.2, -0.15) is 0 Å². The fraction of sp³-hybridized carbons (Fsp3) is 0.533. The van der Waals surface area contributed by atoms with Crippen LogP contribution in [0.1, 0.15) is 76.8 Å². The zero-order chi connectivity index (χ0) is 25.2. The summed E-state index contributed by atoms with van der Waals surface area (Å²) in [6, 6.07) is 17.4. The average Bonchev–Trinajstić information content (AvgIpc) is 2.86. The molecule has 1 atom stereocenters. The van der Waals surface area contributed by atoms with Gasteiger partial charge in [-0.1, -0.05) is 95.5 Å². The second kappa shape index (κ2) is 13.3. The van der Waals surface area contributed by atoms with Crippen molar-refractivity contribution in [2.24, 2.45) is 17.8 Å². The lowest BCUT2D eigenvalue weighted by Crippen LogP contribution is -2.38. The molecule has 1 amide bonds. The molecule has 0 spiro atoms. The van der Waals surface area contributed by atoms with E-state index in [1.54, 1.807) is 4.90 Å². The number of nitrogens with zero attached hydrogens (tertiary/aromatic N) is 1. The molecule has 0 heterocycles. The molecule has 0 saturated heterocycles. The Kier molecular flexibility index (Phi) is 10.2. The topological polar surface area (TPSA) is 55.8 Å². The number of rotatable bonds is 10. The van der Waals surface area contributed by atoms with E-state index in [-0.39, 0.29) is 23.9 Å². The predicted octanol–water partition coefficient (Wildman–Crippen LogP) is 7.20. The Bertz CT molecular complexity index is 934. The van der Waals surface area contributed by atoms with Crippen molar-refractivity contribution in [3.05, 3.63) is 65.7 Å². The van der Waals surface area contributed by atoms with Crippen LogP contribution in [0.15, 0.2) is 54.6 Å². The number of ether oxygens (including phenoxy) is 2. The Morgan fingerprint density at radius 1 is 0.829 bits per heavy atom. The van der Waals surface area contributed by atoms with Gasteiger partial charge in [-0.3, -0.25) is 9.69 Å². The van der Waals surface area contributed by atoms with Crippen molar-refractivity contribution in [3.63, 3.8) is 0 Å². The molecule has 2 aromatic carbocycles. The van der Waals surface area contributed by atoms with Gasteiger partial charge >= 0.3 is 12.1 Å². The number of anilines is 1. The molecule has 1 unspecified atom stereocenters. The van der Waals surface area contributed by atoms with Gasteiger partial charge in [-0.05, 0) is 47.8 Å². The van der Waals surface area contributed by atoms with Crippen molar-refractivity contribution in [1.82, 2.24) is 0 Å². The van der Waals surface area contributed by atoms with E-state index >= 15 is 0 Å². The summed E-state index contributed by atoms with van der Waals surface area (Å²) in [5, 5.41) is 0. The minimum Gasteiger partial charge on any atom is -0.465 e. The van der Waals surface area contributed by atoms with Crippen LogP contribution in [-0.2, 0) is 14.3 Å². The molecule has 1 saturated carbocycles. The van der Waals surface area contributed by atoms with Crippen LogP contribution in [0, 0.1) is 17.8 Å². The quantitative estimate of drug-likeness (QED) is 0.338. The van der Waals surface area contributed by atoms with Crippen LogP contribution < -0.4 is 4.90 Å². The average molecular weight is 480 g/mol. The molecule has 190 valence electrons. The lowest BCUT2D eigenvalue weighted by molar-refractivity contribution is -0.145. The molecule has 3 rings (SSSR count). The summed E-state index contributed by atoms with van der Waals surface area (Å²) in [6.45, 7) is 9.42. The second-order valence-corrected chi connectivity index (χ2v) is 10.5. The number of para-hydroxylation sites is 1. The van der Waals surface area contributed by atoms with Gasteiger partial charge in [0.15, 0.2) is 0 Å². The highest BCUT2D eigenvalue weighted by atomic mass is 16.6. The van der Waals surface area contributed by atoms with E-state index in [0.717, 1.165) is 29.7 Å². The van der Waals surface area contributed by atoms with Crippen LogP contribution in [0.5, 0.6) is 0 Å². The SMILES string of the molecule is CC(C)COC(=O)C(c1ccccc1)c1ccccc1N(CC1CCCCC1)C(=O)OCC(C)C. The molecular formula is C30H41NO4. The second-order valence-electron chi connectivity index (χ2n) is 10.5. The van der Waals surface area contributed by atoms with Gasteiger partial charge < -0.3 is 9.47 Å². The van der Waals surface area contributed by atoms with Crippen molar-refractivity contribution in [2.45, 2.75) is 65.7 Å². The first-order chi connectivity index (χ1) is 16.9. The molecule has 1 aliphatic carbocycles. The van der Waals surface area contributed by atoms with E-state index in [0.29, 0.717) is 25.7 Å². The number of amides is 1. The smallest absolute Gasteiger partial charge is 0.414 e. The summed E-state index contributed by atoms with van der Waals surface area (Å²) in [7, 11) is 0. The Hall–Kier alpha value is -2.82. The van der Waals surface area contributed by atoms with Gasteiger partial charge in [0.25, 0.3) is 0 Å². The maximum absolute atomic E-state index is 13.4. The number of carbonyl (C=O) groups is 2. The van der Waals surface area contributed by atoms with Crippen LogP contribution in [-0.4, -0.2) is 31.8 Å². The Morgan fingerprint density at radius 3 is 2.09 bits per heavy atom. The molecule has 1 aliphatic rings. The number of hydrogen-bond acceptors (Lipinski definition) is 4. The summed E-state index contributed by atoms with van der Waals surface area (Å²) in [5.41, 5.74) is 2.34. The van der Waals surface area contributed by atoms with Gasteiger partial charge in [0.2, 0.25) is 0 Å².